The number of benzene rings is 1. The molecule has 2 atom stereocenters. The standard InChI is InChI=1S/C19H26N4O.HI/c1-3-10-21-19(20-4-2)23-14-17-18(15-23)24-12-11-22(17)13-16-8-6-5-7-9-16;/h1,5-9,17-18H,4,10-15H2,2H3,(H,20,21);1H. The molecule has 2 aliphatic heterocycles. The van der Waals surface area contributed by atoms with Crippen molar-refractivity contribution in [1.82, 2.24) is 15.1 Å². The number of terminal acetylenes is 1. The van der Waals surface area contributed by atoms with E-state index < -0.39 is 0 Å². The molecule has 0 saturated carbocycles. The van der Waals surface area contributed by atoms with E-state index in [1.165, 1.54) is 5.56 Å². The van der Waals surface area contributed by atoms with Crippen LogP contribution in [0.2, 0.25) is 0 Å². The van der Waals surface area contributed by atoms with Crippen molar-refractivity contribution >= 4 is 29.9 Å². The molecule has 2 unspecified atom stereocenters. The Hall–Kier alpha value is -1.30. The van der Waals surface area contributed by atoms with Crippen LogP contribution >= 0.6 is 24.0 Å². The number of morpholine rings is 1. The zero-order valence-corrected chi connectivity index (χ0v) is 17.1. The number of likely N-dealkylation sites (tertiary alicyclic amines) is 1. The molecule has 2 aliphatic rings. The Morgan fingerprint density at radius 2 is 2.16 bits per heavy atom. The van der Waals surface area contributed by atoms with E-state index in [1.807, 2.05) is 0 Å². The molecular weight excluding hydrogens is 427 g/mol. The highest BCUT2D eigenvalue weighted by molar-refractivity contribution is 14.0. The van der Waals surface area contributed by atoms with Gasteiger partial charge in [-0.1, -0.05) is 36.3 Å². The summed E-state index contributed by atoms with van der Waals surface area (Å²) in [5, 5.41) is 3.34. The molecule has 0 spiro atoms. The average molecular weight is 454 g/mol. The third-order valence-corrected chi connectivity index (χ3v) is 4.60. The monoisotopic (exact) mass is 454 g/mol. The fraction of sp³-hybridized carbons (Fsp3) is 0.526. The van der Waals surface area contributed by atoms with Crippen LogP contribution in [0, 0.1) is 12.3 Å². The van der Waals surface area contributed by atoms with Crippen molar-refractivity contribution in [3.63, 3.8) is 0 Å². The van der Waals surface area contributed by atoms with Gasteiger partial charge >= 0.3 is 0 Å². The first-order valence-electron chi connectivity index (χ1n) is 8.68. The van der Waals surface area contributed by atoms with Gasteiger partial charge in [0.25, 0.3) is 0 Å². The number of fused-ring (bicyclic) bond motifs is 1. The van der Waals surface area contributed by atoms with E-state index >= 15 is 0 Å². The third kappa shape index (κ3) is 5.09. The van der Waals surface area contributed by atoms with Crippen molar-refractivity contribution in [3.05, 3.63) is 35.9 Å². The van der Waals surface area contributed by atoms with E-state index in [0.29, 0.717) is 12.6 Å². The summed E-state index contributed by atoms with van der Waals surface area (Å²) in [7, 11) is 0. The van der Waals surface area contributed by atoms with Crippen LogP contribution in [0.15, 0.2) is 35.3 Å². The maximum Gasteiger partial charge on any atom is 0.195 e. The van der Waals surface area contributed by atoms with Gasteiger partial charge in [0.05, 0.1) is 18.8 Å². The molecule has 6 heteroatoms. The molecule has 2 heterocycles. The van der Waals surface area contributed by atoms with Gasteiger partial charge in [0.1, 0.15) is 6.54 Å². The van der Waals surface area contributed by atoms with Gasteiger partial charge in [-0.15, -0.1) is 30.4 Å². The molecule has 25 heavy (non-hydrogen) atoms. The number of rotatable bonds is 4. The zero-order chi connectivity index (χ0) is 16.8. The predicted molar refractivity (Wildman–Crippen MR) is 112 cm³/mol. The number of ether oxygens (including phenoxy) is 1. The van der Waals surface area contributed by atoms with E-state index in [4.69, 9.17) is 11.2 Å². The van der Waals surface area contributed by atoms with Gasteiger partial charge < -0.3 is 15.0 Å². The smallest absolute Gasteiger partial charge is 0.195 e. The van der Waals surface area contributed by atoms with Crippen molar-refractivity contribution < 1.29 is 4.74 Å². The zero-order valence-electron chi connectivity index (χ0n) is 14.7. The summed E-state index contributed by atoms with van der Waals surface area (Å²) in [4.78, 5) is 9.32. The van der Waals surface area contributed by atoms with Crippen molar-refractivity contribution in [3.8, 4) is 12.3 Å². The van der Waals surface area contributed by atoms with E-state index in [9.17, 15) is 0 Å². The molecule has 2 saturated heterocycles. The van der Waals surface area contributed by atoms with E-state index in [1.54, 1.807) is 0 Å². The lowest BCUT2D eigenvalue weighted by Gasteiger charge is -2.36. The fourth-order valence-electron chi connectivity index (χ4n) is 3.49. The summed E-state index contributed by atoms with van der Waals surface area (Å²) in [5.41, 5.74) is 1.35. The van der Waals surface area contributed by atoms with E-state index in [0.717, 1.165) is 45.3 Å². The largest absolute Gasteiger partial charge is 0.373 e. The molecule has 1 aromatic carbocycles. The second kappa shape index (κ2) is 10.00. The molecular formula is C19H27IN4O. The Bertz CT molecular complexity index is 601. The van der Waals surface area contributed by atoms with E-state index in [-0.39, 0.29) is 30.1 Å². The van der Waals surface area contributed by atoms with Crippen molar-refractivity contribution in [1.29, 1.82) is 0 Å². The van der Waals surface area contributed by atoms with Crippen LogP contribution in [0.5, 0.6) is 0 Å². The van der Waals surface area contributed by atoms with Crippen LogP contribution in [0.3, 0.4) is 0 Å². The van der Waals surface area contributed by atoms with Gasteiger partial charge in [-0.3, -0.25) is 4.90 Å². The normalized spacial score (nSPS) is 23.5. The predicted octanol–water partition coefficient (Wildman–Crippen LogP) is 1.79. The third-order valence-electron chi connectivity index (χ3n) is 4.60. The molecule has 0 amide bonds. The van der Waals surface area contributed by atoms with Gasteiger partial charge in [-0.2, -0.15) is 0 Å². The highest BCUT2D eigenvalue weighted by Crippen LogP contribution is 2.24. The van der Waals surface area contributed by atoms with Gasteiger partial charge in [0.15, 0.2) is 5.96 Å². The van der Waals surface area contributed by atoms with E-state index in [2.05, 4.69) is 63.3 Å². The number of guanidine groups is 1. The topological polar surface area (TPSA) is 40.1 Å². The molecule has 0 radical (unpaired) electrons. The van der Waals surface area contributed by atoms with Gasteiger partial charge in [-0.05, 0) is 12.5 Å². The van der Waals surface area contributed by atoms with Crippen LogP contribution in [0.4, 0.5) is 0 Å². The van der Waals surface area contributed by atoms with Crippen LogP contribution < -0.4 is 5.32 Å². The molecule has 0 aromatic heterocycles. The molecule has 0 bridgehead atoms. The van der Waals surface area contributed by atoms with Gasteiger partial charge in [0.2, 0.25) is 0 Å². The summed E-state index contributed by atoms with van der Waals surface area (Å²) >= 11 is 0. The summed E-state index contributed by atoms with van der Waals surface area (Å²) in [6, 6.07) is 11.0. The lowest BCUT2D eigenvalue weighted by atomic mass is 10.1. The maximum atomic E-state index is 6.03. The summed E-state index contributed by atoms with van der Waals surface area (Å²) < 4.78 is 6.03. The van der Waals surface area contributed by atoms with Crippen LogP contribution in [0.25, 0.3) is 0 Å². The number of hydrogen-bond donors (Lipinski definition) is 1. The molecule has 3 rings (SSSR count). The van der Waals surface area contributed by atoms with Crippen LogP contribution in [0.1, 0.15) is 12.5 Å². The number of hydrogen-bond acceptors (Lipinski definition) is 3. The molecule has 0 aliphatic carbocycles. The van der Waals surface area contributed by atoms with Gasteiger partial charge in [-0.25, -0.2) is 4.99 Å². The second-order valence-corrected chi connectivity index (χ2v) is 6.21. The molecule has 136 valence electrons. The Balaban J connectivity index is 0.00000225. The van der Waals surface area contributed by atoms with Gasteiger partial charge in [0, 0.05) is 32.7 Å². The lowest BCUT2D eigenvalue weighted by molar-refractivity contribution is -0.0502. The Morgan fingerprint density at radius 3 is 2.88 bits per heavy atom. The highest BCUT2D eigenvalue weighted by Gasteiger charge is 2.41. The van der Waals surface area contributed by atoms with Crippen LogP contribution in [-0.4, -0.2) is 67.2 Å². The Kier molecular flexibility index (Phi) is 8.00. The van der Waals surface area contributed by atoms with Crippen molar-refractivity contribution in [2.45, 2.75) is 25.6 Å². The highest BCUT2D eigenvalue weighted by atomic mass is 127. The summed E-state index contributed by atoms with van der Waals surface area (Å²) in [6.45, 7) is 7.85. The number of aliphatic imine (C=N–C) groups is 1. The van der Waals surface area contributed by atoms with Crippen LogP contribution in [-0.2, 0) is 11.3 Å². The first-order chi connectivity index (χ1) is 11.8. The fourth-order valence-corrected chi connectivity index (χ4v) is 3.49. The average Bonchev–Trinajstić information content (AvgIpc) is 3.05. The Labute approximate surface area is 167 Å². The first kappa shape index (κ1) is 20.0. The summed E-state index contributed by atoms with van der Waals surface area (Å²) in [6.07, 6.45) is 5.59. The minimum absolute atomic E-state index is 0. The van der Waals surface area contributed by atoms with Crippen molar-refractivity contribution in [2.24, 2.45) is 4.99 Å². The quantitative estimate of drug-likeness (QED) is 0.326. The number of nitrogens with one attached hydrogen (secondary N) is 1. The number of nitrogens with zero attached hydrogens (tertiary/aromatic N) is 3. The van der Waals surface area contributed by atoms with Crippen molar-refractivity contribution in [2.75, 3.05) is 39.3 Å². The second-order valence-electron chi connectivity index (χ2n) is 6.21. The summed E-state index contributed by atoms with van der Waals surface area (Å²) in [5.74, 6) is 3.48. The molecule has 5 nitrogen and oxygen atoms in total. The molecule has 2 fully saturated rings. The lowest BCUT2D eigenvalue weighted by Crippen LogP contribution is -2.50. The minimum Gasteiger partial charge on any atom is -0.373 e. The maximum absolute atomic E-state index is 6.03. The molecule has 1 aromatic rings. The Morgan fingerprint density at radius 1 is 1.36 bits per heavy atom. The molecule has 1 N–H and O–H groups in total. The first-order valence-corrected chi connectivity index (χ1v) is 8.68. The SMILES string of the molecule is C#CCN=C(NCC)N1CC2OCCN(Cc3ccccc3)C2C1.I. The number of halogens is 1. The minimum atomic E-state index is 0.